The molecule has 1 heterocycles. The molecular formula is C23H25F3N2O5S. The van der Waals surface area contributed by atoms with Gasteiger partial charge in [0.1, 0.15) is 5.75 Å². The molecule has 0 radical (unpaired) electrons. The van der Waals surface area contributed by atoms with Gasteiger partial charge >= 0.3 is 6.18 Å². The maximum atomic E-state index is 13.0. The topological polar surface area (TPSA) is 84.0 Å². The number of alkyl halides is 3. The number of ether oxygens (including phenoxy) is 1. The third-order valence-electron chi connectivity index (χ3n) is 5.48. The molecule has 1 aliphatic rings. The minimum Gasteiger partial charge on any atom is -0.493 e. The van der Waals surface area contributed by atoms with Crippen molar-refractivity contribution in [3.8, 4) is 5.75 Å². The molecule has 1 unspecified atom stereocenters. The lowest BCUT2D eigenvalue weighted by atomic mass is 10.1. The van der Waals surface area contributed by atoms with Gasteiger partial charge in [-0.05, 0) is 42.8 Å². The molecule has 0 bridgehead atoms. The maximum Gasteiger partial charge on any atom is 0.416 e. The summed E-state index contributed by atoms with van der Waals surface area (Å²) in [4.78, 5) is 28.0. The van der Waals surface area contributed by atoms with Crippen molar-refractivity contribution >= 4 is 27.3 Å². The summed E-state index contributed by atoms with van der Waals surface area (Å²) in [5.41, 5.74) is -0.741. The van der Waals surface area contributed by atoms with Gasteiger partial charge in [-0.1, -0.05) is 12.1 Å². The standard InChI is InChI=1S/C23H25F3N2O5S/c1-27(10-5-11-33-19-8-4-9-20(14-19)34(2,31)32)22(30)16-12-21(29)28(15-16)18-7-3-6-17(13-18)23(24,25)26/h3-4,6-9,13-14,16H,5,10-12,15H2,1-2H3. The molecule has 0 spiro atoms. The number of halogens is 3. The quantitative estimate of drug-likeness (QED) is 0.521. The van der Waals surface area contributed by atoms with E-state index in [-0.39, 0.29) is 36.1 Å². The van der Waals surface area contributed by atoms with Crippen LogP contribution in [0.4, 0.5) is 18.9 Å². The van der Waals surface area contributed by atoms with E-state index in [0.717, 1.165) is 18.4 Å². The van der Waals surface area contributed by atoms with Gasteiger partial charge in [0, 0.05) is 38.5 Å². The highest BCUT2D eigenvalue weighted by molar-refractivity contribution is 7.90. The summed E-state index contributed by atoms with van der Waals surface area (Å²) in [5.74, 6) is -0.934. The molecule has 11 heteroatoms. The Morgan fingerprint density at radius 2 is 1.88 bits per heavy atom. The van der Waals surface area contributed by atoms with Gasteiger partial charge in [-0.15, -0.1) is 0 Å². The predicted molar refractivity (Wildman–Crippen MR) is 119 cm³/mol. The third-order valence-corrected chi connectivity index (χ3v) is 6.59. The average molecular weight is 499 g/mol. The smallest absolute Gasteiger partial charge is 0.416 e. The van der Waals surface area contributed by atoms with Crippen LogP contribution in [0.15, 0.2) is 53.4 Å². The number of carbonyl (C=O) groups is 2. The zero-order valence-corrected chi connectivity index (χ0v) is 19.5. The normalized spacial score (nSPS) is 16.6. The van der Waals surface area contributed by atoms with E-state index in [0.29, 0.717) is 18.7 Å². The van der Waals surface area contributed by atoms with Crippen LogP contribution < -0.4 is 9.64 Å². The van der Waals surface area contributed by atoms with Crippen molar-refractivity contribution in [1.29, 1.82) is 0 Å². The molecular weight excluding hydrogens is 473 g/mol. The molecule has 0 saturated carbocycles. The van der Waals surface area contributed by atoms with E-state index in [9.17, 15) is 31.2 Å². The van der Waals surface area contributed by atoms with Crippen LogP contribution in [0, 0.1) is 5.92 Å². The van der Waals surface area contributed by atoms with Crippen molar-refractivity contribution in [3.05, 3.63) is 54.1 Å². The van der Waals surface area contributed by atoms with Crippen molar-refractivity contribution < 1.29 is 35.9 Å². The van der Waals surface area contributed by atoms with Gasteiger partial charge < -0.3 is 14.5 Å². The van der Waals surface area contributed by atoms with E-state index >= 15 is 0 Å². The number of hydrogen-bond donors (Lipinski definition) is 0. The molecule has 3 rings (SSSR count). The number of rotatable bonds is 8. The Morgan fingerprint density at radius 1 is 1.18 bits per heavy atom. The van der Waals surface area contributed by atoms with Crippen LogP contribution in [0.3, 0.4) is 0 Å². The Balaban J connectivity index is 1.52. The monoisotopic (exact) mass is 498 g/mol. The lowest BCUT2D eigenvalue weighted by Crippen LogP contribution is -2.35. The SMILES string of the molecule is CN(CCCOc1cccc(S(C)(=O)=O)c1)C(=O)C1CC(=O)N(c2cccc(C(F)(F)F)c2)C1. The molecule has 1 fully saturated rings. The van der Waals surface area contributed by atoms with Crippen LogP contribution in [-0.4, -0.2) is 58.1 Å². The molecule has 0 N–H and O–H groups in total. The molecule has 1 saturated heterocycles. The van der Waals surface area contributed by atoms with Crippen LogP contribution in [0.25, 0.3) is 0 Å². The van der Waals surface area contributed by atoms with Crippen molar-refractivity contribution in [3.63, 3.8) is 0 Å². The van der Waals surface area contributed by atoms with Gasteiger partial charge in [0.15, 0.2) is 9.84 Å². The zero-order chi connectivity index (χ0) is 25.1. The zero-order valence-electron chi connectivity index (χ0n) is 18.7. The summed E-state index contributed by atoms with van der Waals surface area (Å²) in [6.45, 7) is 0.585. The largest absolute Gasteiger partial charge is 0.493 e. The summed E-state index contributed by atoms with van der Waals surface area (Å²) in [6, 6.07) is 10.6. The molecule has 184 valence electrons. The van der Waals surface area contributed by atoms with Crippen LogP contribution in [0.1, 0.15) is 18.4 Å². The van der Waals surface area contributed by atoms with E-state index in [4.69, 9.17) is 4.74 Å². The third kappa shape index (κ3) is 6.28. The summed E-state index contributed by atoms with van der Waals surface area (Å²) in [6.07, 6.45) is -3.03. The first-order valence-corrected chi connectivity index (χ1v) is 12.4. The van der Waals surface area contributed by atoms with Gasteiger partial charge in [-0.3, -0.25) is 9.59 Å². The van der Waals surface area contributed by atoms with E-state index < -0.39 is 33.4 Å². The summed E-state index contributed by atoms with van der Waals surface area (Å²) >= 11 is 0. The van der Waals surface area contributed by atoms with E-state index in [1.807, 2.05) is 0 Å². The van der Waals surface area contributed by atoms with E-state index in [2.05, 4.69) is 0 Å². The molecule has 2 aromatic rings. The Hall–Kier alpha value is -3.08. The van der Waals surface area contributed by atoms with Crippen molar-refractivity contribution in [2.24, 2.45) is 5.92 Å². The number of hydrogen-bond acceptors (Lipinski definition) is 5. The van der Waals surface area contributed by atoms with Crippen LogP contribution in [0.2, 0.25) is 0 Å². The minimum absolute atomic E-state index is 0.0120. The lowest BCUT2D eigenvalue weighted by Gasteiger charge is -2.22. The second-order valence-electron chi connectivity index (χ2n) is 8.16. The van der Waals surface area contributed by atoms with E-state index in [1.54, 1.807) is 19.2 Å². The van der Waals surface area contributed by atoms with Crippen molar-refractivity contribution in [2.75, 3.05) is 37.9 Å². The maximum absolute atomic E-state index is 13.0. The molecule has 2 amide bonds. The molecule has 1 atom stereocenters. The first-order valence-electron chi connectivity index (χ1n) is 10.5. The van der Waals surface area contributed by atoms with Crippen LogP contribution >= 0.6 is 0 Å². The fourth-order valence-corrected chi connectivity index (χ4v) is 4.34. The second-order valence-corrected chi connectivity index (χ2v) is 10.2. The van der Waals surface area contributed by atoms with E-state index in [1.165, 1.54) is 34.1 Å². The fraction of sp³-hybridized carbons (Fsp3) is 0.391. The highest BCUT2D eigenvalue weighted by Gasteiger charge is 2.37. The Morgan fingerprint density at radius 3 is 2.56 bits per heavy atom. The second kappa shape index (κ2) is 10.0. The molecule has 2 aromatic carbocycles. The van der Waals surface area contributed by atoms with Gasteiger partial charge in [0.05, 0.1) is 23.0 Å². The number of sulfone groups is 1. The number of nitrogens with zero attached hydrogens (tertiary/aromatic N) is 2. The minimum atomic E-state index is -4.53. The van der Waals surface area contributed by atoms with Gasteiger partial charge in [0.2, 0.25) is 11.8 Å². The van der Waals surface area contributed by atoms with Crippen molar-refractivity contribution in [2.45, 2.75) is 23.9 Å². The fourth-order valence-electron chi connectivity index (χ4n) is 3.68. The highest BCUT2D eigenvalue weighted by atomic mass is 32.2. The molecule has 1 aliphatic heterocycles. The van der Waals surface area contributed by atoms with Crippen LogP contribution in [0.5, 0.6) is 5.75 Å². The lowest BCUT2D eigenvalue weighted by molar-refractivity contribution is -0.137. The summed E-state index contributed by atoms with van der Waals surface area (Å²) < 4.78 is 67.8. The molecule has 0 aromatic heterocycles. The number of carbonyl (C=O) groups excluding carboxylic acids is 2. The Labute approximate surface area is 196 Å². The Bertz CT molecular complexity index is 1170. The van der Waals surface area contributed by atoms with Crippen LogP contribution in [-0.2, 0) is 25.6 Å². The molecule has 7 nitrogen and oxygen atoms in total. The summed E-state index contributed by atoms with van der Waals surface area (Å²) in [7, 11) is -1.76. The van der Waals surface area contributed by atoms with Gasteiger partial charge in [0.25, 0.3) is 0 Å². The van der Waals surface area contributed by atoms with Gasteiger partial charge in [-0.2, -0.15) is 13.2 Å². The Kier molecular flexibility index (Phi) is 7.54. The first-order chi connectivity index (χ1) is 15.9. The average Bonchev–Trinajstić information content (AvgIpc) is 3.16. The van der Waals surface area contributed by atoms with Crippen molar-refractivity contribution in [1.82, 2.24) is 4.90 Å². The summed E-state index contributed by atoms with van der Waals surface area (Å²) in [5, 5.41) is 0. The molecule has 0 aliphatic carbocycles. The first kappa shape index (κ1) is 25.5. The highest BCUT2D eigenvalue weighted by Crippen LogP contribution is 2.33. The molecule has 34 heavy (non-hydrogen) atoms. The number of anilines is 1. The predicted octanol–water partition coefficient (Wildman–Crippen LogP) is 3.39. The number of amides is 2. The van der Waals surface area contributed by atoms with Gasteiger partial charge in [-0.25, -0.2) is 8.42 Å². The number of benzene rings is 2.